The van der Waals surface area contributed by atoms with E-state index in [0.717, 1.165) is 30.2 Å². The zero-order valence-corrected chi connectivity index (χ0v) is 17.2. The zero-order valence-electron chi connectivity index (χ0n) is 17.2. The summed E-state index contributed by atoms with van der Waals surface area (Å²) < 4.78 is 17.1. The van der Waals surface area contributed by atoms with Crippen LogP contribution in [0, 0.1) is 0 Å². The summed E-state index contributed by atoms with van der Waals surface area (Å²) in [7, 11) is 0. The van der Waals surface area contributed by atoms with Crippen LogP contribution < -0.4 is 29.9 Å². The van der Waals surface area contributed by atoms with Crippen molar-refractivity contribution in [3.63, 3.8) is 0 Å². The average molecular weight is 407 g/mol. The van der Waals surface area contributed by atoms with E-state index in [1.165, 1.54) is 0 Å². The van der Waals surface area contributed by atoms with Gasteiger partial charge < -0.3 is 34.6 Å². The summed E-state index contributed by atoms with van der Waals surface area (Å²) in [6, 6.07) is 3.76. The van der Waals surface area contributed by atoms with E-state index in [9.17, 15) is 9.59 Å². The molecule has 0 saturated carbocycles. The molecule has 2 fully saturated rings. The van der Waals surface area contributed by atoms with Crippen molar-refractivity contribution in [2.24, 2.45) is 0 Å². The third-order valence-corrected chi connectivity index (χ3v) is 4.91. The predicted molar refractivity (Wildman–Crippen MR) is 109 cm³/mol. The second kappa shape index (κ2) is 10.3. The van der Waals surface area contributed by atoms with Crippen LogP contribution >= 0.6 is 0 Å². The summed E-state index contributed by atoms with van der Waals surface area (Å²) in [6.45, 7) is 9.60. The van der Waals surface area contributed by atoms with Crippen molar-refractivity contribution in [2.75, 3.05) is 75.9 Å². The maximum atomic E-state index is 12.6. The van der Waals surface area contributed by atoms with Gasteiger partial charge in [0.2, 0.25) is 0 Å². The van der Waals surface area contributed by atoms with Crippen LogP contribution in [0.1, 0.15) is 13.8 Å². The lowest BCUT2D eigenvalue weighted by molar-refractivity contribution is -0.885. The van der Waals surface area contributed by atoms with Crippen molar-refractivity contribution in [2.45, 2.75) is 13.8 Å². The molecule has 0 spiro atoms. The second-order valence-electron chi connectivity index (χ2n) is 7.03. The van der Waals surface area contributed by atoms with Gasteiger partial charge in [0.25, 0.3) is 11.8 Å². The van der Waals surface area contributed by atoms with Crippen LogP contribution in [0.25, 0.3) is 0 Å². The first-order valence-electron chi connectivity index (χ1n) is 10.3. The van der Waals surface area contributed by atoms with Gasteiger partial charge in [0, 0.05) is 25.2 Å². The van der Waals surface area contributed by atoms with Gasteiger partial charge in [0.05, 0.1) is 50.9 Å². The fourth-order valence-corrected chi connectivity index (χ4v) is 3.57. The highest BCUT2D eigenvalue weighted by atomic mass is 16.5. The van der Waals surface area contributed by atoms with E-state index in [4.69, 9.17) is 14.2 Å². The van der Waals surface area contributed by atoms with Crippen molar-refractivity contribution >= 4 is 23.2 Å². The van der Waals surface area contributed by atoms with Gasteiger partial charge in [0.1, 0.15) is 11.5 Å². The van der Waals surface area contributed by atoms with Crippen molar-refractivity contribution in [3.8, 4) is 11.5 Å². The molecule has 160 valence electrons. The molecule has 9 nitrogen and oxygen atoms in total. The molecule has 9 heteroatoms. The number of benzene rings is 1. The Balaban J connectivity index is 1.79. The summed E-state index contributed by atoms with van der Waals surface area (Å²) in [4.78, 5) is 27.3. The zero-order chi connectivity index (χ0) is 20.6. The van der Waals surface area contributed by atoms with Crippen LogP contribution in [-0.4, -0.2) is 77.5 Å². The summed E-state index contributed by atoms with van der Waals surface area (Å²) >= 11 is 0. The van der Waals surface area contributed by atoms with E-state index in [2.05, 4.69) is 15.5 Å². The number of nitrogens with zero attached hydrogens (tertiary/aromatic N) is 1. The molecule has 2 amide bonds. The van der Waals surface area contributed by atoms with Crippen LogP contribution in [0.15, 0.2) is 12.1 Å². The Morgan fingerprint density at radius 1 is 1.21 bits per heavy atom. The van der Waals surface area contributed by atoms with Crippen molar-refractivity contribution in [1.82, 2.24) is 5.32 Å². The number of morpholine rings is 1. The summed E-state index contributed by atoms with van der Waals surface area (Å²) in [5, 5.41) is 5.72. The topological polar surface area (TPSA) is 93.6 Å². The molecule has 1 aromatic rings. The number of ether oxygens (including phenoxy) is 3. The average Bonchev–Trinajstić information content (AvgIpc) is 2.71. The van der Waals surface area contributed by atoms with Crippen LogP contribution in [0.3, 0.4) is 0 Å². The van der Waals surface area contributed by atoms with Gasteiger partial charge in [-0.15, -0.1) is 0 Å². The quantitative estimate of drug-likeness (QED) is 0.526. The lowest BCUT2D eigenvalue weighted by Gasteiger charge is -2.31. The number of piperazine rings is 1. The largest absolute Gasteiger partial charge is 0.492 e. The fourth-order valence-electron chi connectivity index (χ4n) is 3.57. The van der Waals surface area contributed by atoms with Gasteiger partial charge in [-0.05, 0) is 13.8 Å². The minimum atomic E-state index is -0.155. The van der Waals surface area contributed by atoms with Gasteiger partial charge in [-0.3, -0.25) is 9.59 Å². The molecular weight excluding hydrogens is 376 g/mol. The van der Waals surface area contributed by atoms with Gasteiger partial charge in [-0.2, -0.15) is 0 Å². The minimum absolute atomic E-state index is 0.0254. The molecule has 0 aliphatic carbocycles. The molecule has 0 bridgehead atoms. The normalized spacial score (nSPS) is 19.4. The first kappa shape index (κ1) is 21.2. The number of nitrogens with one attached hydrogen (secondary N) is 3. The number of carbonyl (C=O) groups excluding carboxylic acids is 2. The van der Waals surface area contributed by atoms with Crippen LogP contribution in [0.5, 0.6) is 11.5 Å². The molecule has 1 aromatic carbocycles. The summed E-state index contributed by atoms with van der Waals surface area (Å²) in [5.41, 5.74) is 1.52. The van der Waals surface area contributed by atoms with E-state index in [-0.39, 0.29) is 18.4 Å². The summed E-state index contributed by atoms with van der Waals surface area (Å²) in [5.74, 6) is 1.13. The number of hydrogen-bond acceptors (Lipinski definition) is 6. The minimum Gasteiger partial charge on any atom is -0.492 e. The highest BCUT2D eigenvalue weighted by molar-refractivity contribution is 5.94. The maximum absolute atomic E-state index is 12.6. The SMILES string of the molecule is CCOc1cc(N2CCOCC2)c(OCC)cc1NC(=O)C[NH+]1CCNC(=O)C1. The number of quaternary nitrogens is 1. The van der Waals surface area contributed by atoms with E-state index in [1.54, 1.807) is 0 Å². The Bertz CT molecular complexity index is 721. The number of amides is 2. The molecule has 3 rings (SSSR count). The Morgan fingerprint density at radius 3 is 2.62 bits per heavy atom. The Labute approximate surface area is 171 Å². The van der Waals surface area contributed by atoms with E-state index in [0.29, 0.717) is 56.7 Å². The molecule has 1 atom stereocenters. The lowest BCUT2D eigenvalue weighted by Crippen LogP contribution is -3.16. The van der Waals surface area contributed by atoms with E-state index >= 15 is 0 Å². The van der Waals surface area contributed by atoms with Crippen molar-refractivity contribution in [1.29, 1.82) is 0 Å². The standard InChI is InChI=1S/C20H30N4O5/c1-3-28-17-12-16(24-7-9-27-10-8-24)18(29-4-2)11-15(17)22-20(26)14-23-6-5-21-19(25)13-23/h11-12H,3-10,13-14H2,1-2H3,(H,21,25)(H,22,26)/p+1. The monoisotopic (exact) mass is 407 g/mol. The molecule has 2 saturated heterocycles. The molecule has 2 heterocycles. The van der Waals surface area contributed by atoms with Crippen LogP contribution in [0.4, 0.5) is 11.4 Å². The van der Waals surface area contributed by atoms with E-state index < -0.39 is 0 Å². The molecule has 3 N–H and O–H groups in total. The highest BCUT2D eigenvalue weighted by Crippen LogP contribution is 2.39. The third kappa shape index (κ3) is 5.74. The molecule has 2 aliphatic heterocycles. The van der Waals surface area contributed by atoms with E-state index in [1.807, 2.05) is 26.0 Å². The molecule has 1 unspecified atom stereocenters. The van der Waals surface area contributed by atoms with Gasteiger partial charge in [-0.1, -0.05) is 0 Å². The maximum Gasteiger partial charge on any atom is 0.279 e. The molecule has 29 heavy (non-hydrogen) atoms. The number of rotatable bonds is 8. The van der Waals surface area contributed by atoms with Crippen LogP contribution in [0.2, 0.25) is 0 Å². The highest BCUT2D eigenvalue weighted by Gasteiger charge is 2.24. The third-order valence-electron chi connectivity index (χ3n) is 4.91. The molecule has 2 aliphatic rings. The van der Waals surface area contributed by atoms with Gasteiger partial charge >= 0.3 is 0 Å². The van der Waals surface area contributed by atoms with Crippen LogP contribution in [-0.2, 0) is 14.3 Å². The van der Waals surface area contributed by atoms with Gasteiger partial charge in [0.15, 0.2) is 13.1 Å². The number of carbonyl (C=O) groups is 2. The Hall–Kier alpha value is -2.52. The Kier molecular flexibility index (Phi) is 7.54. The number of anilines is 2. The second-order valence-corrected chi connectivity index (χ2v) is 7.03. The van der Waals surface area contributed by atoms with Crippen molar-refractivity contribution < 1.29 is 28.7 Å². The number of hydrogen-bond donors (Lipinski definition) is 3. The Morgan fingerprint density at radius 2 is 1.93 bits per heavy atom. The molecular formula is C20H31N4O5+. The fraction of sp³-hybridized carbons (Fsp3) is 0.600. The van der Waals surface area contributed by atoms with Gasteiger partial charge in [-0.25, -0.2) is 0 Å². The molecule has 0 aromatic heterocycles. The first-order valence-corrected chi connectivity index (χ1v) is 10.3. The lowest BCUT2D eigenvalue weighted by atomic mass is 10.2. The molecule has 0 radical (unpaired) electrons. The smallest absolute Gasteiger partial charge is 0.279 e. The summed E-state index contributed by atoms with van der Waals surface area (Å²) in [6.07, 6.45) is 0. The predicted octanol–water partition coefficient (Wildman–Crippen LogP) is -0.726. The van der Waals surface area contributed by atoms with Crippen molar-refractivity contribution in [3.05, 3.63) is 12.1 Å². The first-order chi connectivity index (χ1) is 14.1.